The van der Waals surface area contributed by atoms with Gasteiger partial charge in [0.1, 0.15) is 0 Å². The van der Waals surface area contributed by atoms with Crippen LogP contribution in [-0.4, -0.2) is 62.8 Å². The van der Waals surface area contributed by atoms with Crippen LogP contribution in [0.25, 0.3) is 0 Å². The van der Waals surface area contributed by atoms with Gasteiger partial charge >= 0.3 is 0 Å². The molecular formula is C22H40Cl2N2OS. The average molecular weight is 452 g/mol. The summed E-state index contributed by atoms with van der Waals surface area (Å²) in [6.45, 7) is 4.95. The molecule has 4 rings (SSSR count). The van der Waals surface area contributed by atoms with E-state index in [1.807, 2.05) is 0 Å². The summed E-state index contributed by atoms with van der Waals surface area (Å²) in [4.78, 5) is 5.44. The zero-order valence-electron chi connectivity index (χ0n) is 17.3. The summed E-state index contributed by atoms with van der Waals surface area (Å²) in [5, 5.41) is 0.855. The Kier molecular flexibility index (Phi) is 10.8. The maximum Gasteiger partial charge on any atom is 0.0507 e. The van der Waals surface area contributed by atoms with Gasteiger partial charge < -0.3 is 0 Å². The van der Waals surface area contributed by atoms with Crippen LogP contribution in [0.5, 0.6) is 0 Å². The van der Waals surface area contributed by atoms with Crippen LogP contribution in [0, 0.1) is 0 Å². The van der Waals surface area contributed by atoms with Crippen LogP contribution in [0.15, 0.2) is 12.2 Å². The average Bonchev–Trinajstić information content (AvgIpc) is 3.04. The summed E-state index contributed by atoms with van der Waals surface area (Å²) in [7, 11) is -0.648. The van der Waals surface area contributed by atoms with E-state index in [1.54, 1.807) is 0 Å². The third kappa shape index (κ3) is 5.75. The Morgan fingerprint density at radius 3 is 1.39 bits per heavy atom. The van der Waals surface area contributed by atoms with Crippen LogP contribution in [0.4, 0.5) is 0 Å². The van der Waals surface area contributed by atoms with Crippen molar-refractivity contribution in [1.29, 1.82) is 0 Å². The fourth-order valence-electron chi connectivity index (χ4n) is 5.96. The van der Waals surface area contributed by atoms with Crippen LogP contribution in [0.2, 0.25) is 0 Å². The summed E-state index contributed by atoms with van der Waals surface area (Å²) >= 11 is 0. The van der Waals surface area contributed by atoms with E-state index < -0.39 is 10.8 Å². The smallest absolute Gasteiger partial charge is 0.0507 e. The molecule has 4 unspecified atom stereocenters. The lowest BCUT2D eigenvalue weighted by atomic mass is 9.94. The highest BCUT2D eigenvalue weighted by molar-refractivity contribution is 7.86. The second kappa shape index (κ2) is 12.3. The zero-order valence-corrected chi connectivity index (χ0v) is 19.8. The van der Waals surface area contributed by atoms with Crippen molar-refractivity contribution in [2.45, 2.75) is 99.6 Å². The molecule has 0 aromatic carbocycles. The van der Waals surface area contributed by atoms with Crippen molar-refractivity contribution >= 4 is 35.6 Å². The van der Waals surface area contributed by atoms with E-state index in [4.69, 9.17) is 0 Å². The fraction of sp³-hybridized carbons (Fsp3) is 0.909. The number of hydrogen-bond acceptors (Lipinski definition) is 3. The van der Waals surface area contributed by atoms with Gasteiger partial charge in [0.05, 0.1) is 10.5 Å². The standard InChI is InChI=1S/C22H38N2OS.2ClH/c25-26-21-13-14-22(26)20(24-17-9-4-10-18-24)12-6-2-1-5-11-19(21)23-15-7-3-8-16-23;;/h1-2,19-22H,3-18H2;2*1H/b2-1-;;. The molecule has 0 N–H and O–H groups in total. The highest BCUT2D eigenvalue weighted by atomic mass is 35.5. The fourth-order valence-corrected chi connectivity index (χ4v) is 8.38. The largest absolute Gasteiger partial charge is 0.299 e. The molecule has 4 atom stereocenters. The summed E-state index contributed by atoms with van der Waals surface area (Å²) in [6.07, 6.45) is 20.2. The van der Waals surface area contributed by atoms with Gasteiger partial charge in [-0.3, -0.25) is 14.0 Å². The maximum absolute atomic E-state index is 13.7. The molecule has 6 heteroatoms. The third-order valence-electron chi connectivity index (χ3n) is 7.34. The lowest BCUT2D eigenvalue weighted by Gasteiger charge is -2.39. The molecule has 0 aromatic heterocycles. The molecule has 4 aliphatic heterocycles. The molecule has 0 amide bonds. The highest BCUT2D eigenvalue weighted by Crippen LogP contribution is 2.36. The number of fused-ring (bicyclic) bond motifs is 2. The number of allylic oxidation sites excluding steroid dienone is 2. The summed E-state index contributed by atoms with van der Waals surface area (Å²) in [5.74, 6) is 0. The molecule has 2 bridgehead atoms. The van der Waals surface area contributed by atoms with Gasteiger partial charge in [0.15, 0.2) is 0 Å². The van der Waals surface area contributed by atoms with Crippen LogP contribution in [0.3, 0.4) is 0 Å². The number of piperidine rings is 2. The lowest BCUT2D eigenvalue weighted by molar-refractivity contribution is 0.147. The van der Waals surface area contributed by atoms with Gasteiger partial charge in [-0.1, -0.05) is 25.0 Å². The molecule has 0 saturated carbocycles. The summed E-state index contributed by atoms with van der Waals surface area (Å²) in [6, 6.07) is 1.12. The Hall–Kier alpha value is 0.390. The number of hydrogen-bond donors (Lipinski definition) is 0. The predicted octanol–water partition coefficient (Wildman–Crippen LogP) is 4.95. The van der Waals surface area contributed by atoms with E-state index in [9.17, 15) is 4.21 Å². The van der Waals surface area contributed by atoms with Crippen molar-refractivity contribution in [3.8, 4) is 0 Å². The Labute approximate surface area is 187 Å². The first-order valence-corrected chi connectivity index (χ1v) is 12.6. The second-order valence-corrected chi connectivity index (χ2v) is 10.8. The highest BCUT2D eigenvalue weighted by Gasteiger charge is 2.44. The first kappa shape index (κ1) is 24.7. The molecule has 3 saturated heterocycles. The molecule has 0 aliphatic carbocycles. The molecule has 3 fully saturated rings. The molecule has 3 nitrogen and oxygen atoms in total. The van der Waals surface area contributed by atoms with E-state index in [1.165, 1.54) is 103 Å². The van der Waals surface area contributed by atoms with E-state index in [0.717, 1.165) is 0 Å². The van der Waals surface area contributed by atoms with Gasteiger partial charge in [0.2, 0.25) is 0 Å². The van der Waals surface area contributed by atoms with Crippen LogP contribution in [0.1, 0.15) is 77.0 Å². The Morgan fingerprint density at radius 2 is 1.00 bits per heavy atom. The zero-order chi connectivity index (χ0) is 17.8. The van der Waals surface area contributed by atoms with Crippen molar-refractivity contribution in [1.82, 2.24) is 9.80 Å². The lowest BCUT2D eigenvalue weighted by Crippen LogP contribution is -2.50. The number of likely N-dealkylation sites (tertiary alicyclic amines) is 2. The molecule has 0 aromatic rings. The number of nitrogens with zero attached hydrogens (tertiary/aromatic N) is 2. The summed E-state index contributed by atoms with van der Waals surface area (Å²) < 4.78 is 13.7. The minimum Gasteiger partial charge on any atom is -0.299 e. The minimum atomic E-state index is -0.648. The minimum absolute atomic E-state index is 0. The van der Waals surface area contributed by atoms with Crippen molar-refractivity contribution in [3.63, 3.8) is 0 Å². The Bertz CT molecular complexity index is 465. The Balaban J connectivity index is 0.00000140. The first-order chi connectivity index (χ1) is 12.8. The SMILES string of the molecule is Cl.Cl.O=S1C2CCC1C(N1CCCCC1)CC/C=C\CCC2N1CCCCC1. The number of halogens is 2. The van der Waals surface area contributed by atoms with E-state index in [0.29, 0.717) is 22.6 Å². The van der Waals surface area contributed by atoms with Crippen LogP contribution < -0.4 is 0 Å². The predicted molar refractivity (Wildman–Crippen MR) is 125 cm³/mol. The Morgan fingerprint density at radius 1 is 0.607 bits per heavy atom. The second-order valence-electron chi connectivity index (χ2n) is 8.94. The molecule has 4 heterocycles. The first-order valence-electron chi connectivity index (χ1n) is 11.4. The van der Waals surface area contributed by atoms with Gasteiger partial charge in [-0.2, -0.15) is 0 Å². The third-order valence-corrected chi connectivity index (χ3v) is 9.63. The molecule has 164 valence electrons. The quantitative estimate of drug-likeness (QED) is 0.555. The van der Waals surface area contributed by atoms with Crippen molar-refractivity contribution in [2.24, 2.45) is 0 Å². The van der Waals surface area contributed by atoms with Gasteiger partial charge in [0.25, 0.3) is 0 Å². The topological polar surface area (TPSA) is 23.6 Å². The molecular weight excluding hydrogens is 411 g/mol. The van der Waals surface area contributed by atoms with Crippen molar-refractivity contribution in [3.05, 3.63) is 12.2 Å². The monoisotopic (exact) mass is 450 g/mol. The van der Waals surface area contributed by atoms with Crippen molar-refractivity contribution < 1.29 is 4.21 Å². The number of rotatable bonds is 2. The maximum atomic E-state index is 13.7. The van der Waals surface area contributed by atoms with Gasteiger partial charge in [-0.05, 0) is 90.4 Å². The van der Waals surface area contributed by atoms with E-state index >= 15 is 0 Å². The van der Waals surface area contributed by atoms with E-state index in [-0.39, 0.29) is 24.8 Å². The summed E-state index contributed by atoms with van der Waals surface area (Å²) in [5.41, 5.74) is 0. The van der Waals surface area contributed by atoms with Crippen LogP contribution in [-0.2, 0) is 10.8 Å². The van der Waals surface area contributed by atoms with Crippen LogP contribution >= 0.6 is 24.8 Å². The normalized spacial score (nSPS) is 39.2. The molecule has 0 radical (unpaired) electrons. The van der Waals surface area contributed by atoms with E-state index in [2.05, 4.69) is 22.0 Å². The molecule has 28 heavy (non-hydrogen) atoms. The van der Waals surface area contributed by atoms with Gasteiger partial charge in [-0.25, -0.2) is 0 Å². The van der Waals surface area contributed by atoms with Crippen molar-refractivity contribution in [2.75, 3.05) is 26.2 Å². The van der Waals surface area contributed by atoms with Gasteiger partial charge in [0, 0.05) is 22.9 Å². The molecule has 4 aliphatic rings. The molecule has 0 spiro atoms. The van der Waals surface area contributed by atoms with Gasteiger partial charge in [-0.15, -0.1) is 24.8 Å².